The molecule has 0 aromatic heterocycles. The summed E-state index contributed by atoms with van der Waals surface area (Å²) in [5.41, 5.74) is 1.92. The van der Waals surface area contributed by atoms with Gasteiger partial charge in [0, 0.05) is 24.9 Å². The average molecular weight is 763 g/mol. The highest BCUT2D eigenvalue weighted by Gasteiger charge is 2.44. The third kappa shape index (κ3) is 11.1. The maximum atomic E-state index is 14.2. The number of methoxy groups -OCH3 is 2. The first-order valence-corrected chi connectivity index (χ1v) is 20.3. The number of esters is 2. The summed E-state index contributed by atoms with van der Waals surface area (Å²) in [6.07, 6.45) is 6.24. The number of hydrogen-bond donors (Lipinski definition) is 2. The summed E-state index contributed by atoms with van der Waals surface area (Å²) in [6, 6.07) is 17.2. The van der Waals surface area contributed by atoms with Gasteiger partial charge in [0.2, 0.25) is 23.6 Å². The molecule has 3 heterocycles. The quantitative estimate of drug-likeness (QED) is 0.256. The number of amides is 4. The molecule has 3 saturated heterocycles. The van der Waals surface area contributed by atoms with Crippen molar-refractivity contribution in [1.29, 1.82) is 0 Å². The molecule has 2 aromatic carbocycles. The Morgan fingerprint density at radius 1 is 0.741 bits per heavy atom. The van der Waals surface area contributed by atoms with E-state index in [1.807, 2.05) is 60.7 Å². The van der Waals surface area contributed by atoms with Gasteiger partial charge in [-0.2, -0.15) is 0 Å². The Bertz CT molecular complexity index is 1590. The molecule has 5 rings (SSSR count). The van der Waals surface area contributed by atoms with E-state index >= 15 is 0 Å². The molecule has 292 valence electrons. The highest BCUT2D eigenvalue weighted by Crippen LogP contribution is 2.35. The predicted octanol–water partition coefficient (Wildman–Crippen LogP) is 4.05. The van der Waals surface area contributed by atoms with Crippen molar-refractivity contribution in [3.05, 3.63) is 71.8 Å². The number of thioether (sulfide) groups is 1. The predicted molar refractivity (Wildman–Crippen MR) is 205 cm³/mol. The number of nitrogens with zero attached hydrogens (tertiary/aromatic N) is 2. The lowest BCUT2D eigenvalue weighted by Gasteiger charge is -2.40. The van der Waals surface area contributed by atoms with Gasteiger partial charge in [-0.25, -0.2) is 4.79 Å². The lowest BCUT2D eigenvalue weighted by molar-refractivity contribution is -0.156. The fraction of sp³-hybridized carbons (Fsp3) is 0.561. The molecule has 4 amide bonds. The van der Waals surface area contributed by atoms with Crippen molar-refractivity contribution >= 4 is 47.3 Å². The third-order valence-electron chi connectivity index (χ3n) is 10.8. The molecule has 2 aromatic rings. The zero-order chi connectivity index (χ0) is 38.5. The minimum absolute atomic E-state index is 0.0835. The van der Waals surface area contributed by atoms with Crippen LogP contribution in [-0.4, -0.2) is 102 Å². The van der Waals surface area contributed by atoms with Crippen LogP contribution in [0, 0.1) is 11.8 Å². The molecule has 0 bridgehead atoms. The Hall–Kier alpha value is -4.39. The minimum Gasteiger partial charge on any atom is -0.469 e. The van der Waals surface area contributed by atoms with E-state index in [-0.39, 0.29) is 42.0 Å². The van der Waals surface area contributed by atoms with Crippen LogP contribution >= 0.6 is 11.8 Å². The summed E-state index contributed by atoms with van der Waals surface area (Å²) in [6.45, 7) is 0.738. The van der Waals surface area contributed by atoms with E-state index in [9.17, 15) is 28.8 Å². The lowest BCUT2D eigenvalue weighted by atomic mass is 9.86. The van der Waals surface area contributed by atoms with E-state index in [2.05, 4.69) is 10.6 Å². The molecular weight excluding hydrogens is 709 g/mol. The van der Waals surface area contributed by atoms with Gasteiger partial charge in [0.1, 0.15) is 18.1 Å². The van der Waals surface area contributed by atoms with E-state index in [0.717, 1.165) is 36.8 Å². The van der Waals surface area contributed by atoms with Crippen molar-refractivity contribution < 1.29 is 38.2 Å². The summed E-state index contributed by atoms with van der Waals surface area (Å²) in [4.78, 5) is 83.8. The molecule has 0 spiro atoms. The first-order valence-electron chi connectivity index (χ1n) is 19.2. The molecule has 12 nitrogen and oxygen atoms in total. The number of likely N-dealkylation sites (tertiary alicyclic amines) is 1. The Labute approximate surface area is 322 Å². The largest absolute Gasteiger partial charge is 0.469 e. The highest BCUT2D eigenvalue weighted by atomic mass is 32.2. The van der Waals surface area contributed by atoms with Crippen LogP contribution in [0.4, 0.5) is 0 Å². The van der Waals surface area contributed by atoms with E-state index in [1.54, 1.807) is 21.6 Å². The number of rotatable bonds is 15. The van der Waals surface area contributed by atoms with Gasteiger partial charge in [-0.05, 0) is 87.5 Å². The molecule has 6 atom stereocenters. The van der Waals surface area contributed by atoms with Crippen LogP contribution in [0.3, 0.4) is 0 Å². The van der Waals surface area contributed by atoms with Crippen molar-refractivity contribution in [2.24, 2.45) is 11.8 Å². The Morgan fingerprint density at radius 3 is 1.91 bits per heavy atom. The molecule has 2 N–H and O–H groups in total. The molecule has 3 aliphatic rings. The van der Waals surface area contributed by atoms with Gasteiger partial charge in [-0.1, -0.05) is 60.7 Å². The number of nitrogens with one attached hydrogen (secondary N) is 2. The molecule has 3 aliphatic heterocycles. The molecule has 0 unspecified atom stereocenters. The number of carbonyl (C=O) groups is 6. The maximum absolute atomic E-state index is 14.2. The normalized spacial score (nSPS) is 22.9. The molecule has 13 heteroatoms. The van der Waals surface area contributed by atoms with Gasteiger partial charge in [0.15, 0.2) is 0 Å². The molecule has 54 heavy (non-hydrogen) atoms. The second kappa shape index (κ2) is 20.3. The second-order valence-electron chi connectivity index (χ2n) is 14.4. The SMILES string of the molecule is COC(=O)CCN1CCCC[C@H](NC(=O)[C@H](CC[C@H](Cc2ccccc2)C(=O)N[C@H]2CCS[C@H]3CCC[C@@H](C(=O)OC)N3C2=O)Cc2ccccc2)C1=O. The number of fused-ring (bicyclic) bond motifs is 1. The van der Waals surface area contributed by atoms with Crippen molar-refractivity contribution in [2.45, 2.75) is 101 Å². The Morgan fingerprint density at radius 2 is 1.33 bits per heavy atom. The van der Waals surface area contributed by atoms with Crippen LogP contribution in [0.1, 0.15) is 75.3 Å². The third-order valence-corrected chi connectivity index (χ3v) is 12.1. The minimum atomic E-state index is -0.787. The molecule has 0 aliphatic carbocycles. The van der Waals surface area contributed by atoms with Crippen LogP contribution in [-0.2, 0) is 51.1 Å². The van der Waals surface area contributed by atoms with Gasteiger partial charge in [-0.15, -0.1) is 11.8 Å². The summed E-state index contributed by atoms with van der Waals surface area (Å²) >= 11 is 1.64. The summed E-state index contributed by atoms with van der Waals surface area (Å²) < 4.78 is 9.82. The molecular formula is C41H54N4O8S. The van der Waals surface area contributed by atoms with Crippen LogP contribution in [0.15, 0.2) is 60.7 Å². The zero-order valence-corrected chi connectivity index (χ0v) is 32.2. The van der Waals surface area contributed by atoms with Gasteiger partial charge in [0.05, 0.1) is 26.0 Å². The zero-order valence-electron chi connectivity index (χ0n) is 31.4. The van der Waals surface area contributed by atoms with Crippen molar-refractivity contribution in [3.63, 3.8) is 0 Å². The van der Waals surface area contributed by atoms with Gasteiger partial charge in [-0.3, -0.25) is 24.0 Å². The van der Waals surface area contributed by atoms with E-state index in [4.69, 9.17) is 9.47 Å². The van der Waals surface area contributed by atoms with Crippen molar-refractivity contribution in [3.8, 4) is 0 Å². The van der Waals surface area contributed by atoms with E-state index in [1.165, 1.54) is 14.2 Å². The van der Waals surface area contributed by atoms with Crippen LogP contribution in [0.25, 0.3) is 0 Å². The number of piperidine rings is 1. The monoisotopic (exact) mass is 762 g/mol. The number of ether oxygens (including phenoxy) is 2. The molecule has 0 radical (unpaired) electrons. The number of benzene rings is 2. The van der Waals surface area contributed by atoms with E-state index < -0.39 is 41.9 Å². The molecule has 0 saturated carbocycles. The molecule has 3 fully saturated rings. The standard InChI is InChI=1S/C41H54N4O8S/c1-52-36(46)21-24-44-23-10-9-16-32(39(44)49)42-37(47)30(26-28-12-5-3-6-13-28)19-20-31(27-29-14-7-4-8-15-29)38(48)43-33-22-25-54-35-18-11-17-34(41(51)53-2)45(35)40(33)50/h3-8,12-15,30-35H,9-11,16-27H2,1-2H3,(H,42,47)(H,43,48)/t30-,31-,32+,33+,34+,35+/m1/s1. The maximum Gasteiger partial charge on any atom is 0.328 e. The Balaban J connectivity index is 1.33. The van der Waals surface area contributed by atoms with Gasteiger partial charge >= 0.3 is 11.9 Å². The van der Waals surface area contributed by atoms with Crippen LogP contribution < -0.4 is 10.6 Å². The summed E-state index contributed by atoms with van der Waals surface area (Å²) in [5, 5.41) is 5.98. The second-order valence-corrected chi connectivity index (χ2v) is 15.7. The summed E-state index contributed by atoms with van der Waals surface area (Å²) in [5.74, 6) is -2.26. The first-order chi connectivity index (χ1) is 26.2. The van der Waals surface area contributed by atoms with Crippen molar-refractivity contribution in [2.75, 3.05) is 33.1 Å². The lowest BCUT2D eigenvalue weighted by Crippen LogP contribution is -2.57. The van der Waals surface area contributed by atoms with Gasteiger partial charge < -0.3 is 29.9 Å². The van der Waals surface area contributed by atoms with Crippen LogP contribution in [0.2, 0.25) is 0 Å². The summed E-state index contributed by atoms with van der Waals surface area (Å²) in [7, 11) is 2.65. The fourth-order valence-electron chi connectivity index (χ4n) is 7.77. The van der Waals surface area contributed by atoms with Gasteiger partial charge in [0.25, 0.3) is 0 Å². The van der Waals surface area contributed by atoms with E-state index in [0.29, 0.717) is 57.2 Å². The number of carbonyl (C=O) groups excluding carboxylic acids is 6. The van der Waals surface area contributed by atoms with Crippen molar-refractivity contribution in [1.82, 2.24) is 20.4 Å². The first kappa shape index (κ1) is 40.8. The topological polar surface area (TPSA) is 151 Å². The Kier molecular flexibility index (Phi) is 15.4. The van der Waals surface area contributed by atoms with Crippen LogP contribution in [0.5, 0.6) is 0 Å². The highest BCUT2D eigenvalue weighted by molar-refractivity contribution is 7.99. The fourth-order valence-corrected chi connectivity index (χ4v) is 9.16. The average Bonchev–Trinajstić information content (AvgIpc) is 3.47. The number of hydrogen-bond acceptors (Lipinski definition) is 9. The smallest absolute Gasteiger partial charge is 0.328 e.